The molecule has 0 aliphatic carbocycles. The molecular weight excluding hydrogens is 362 g/mol. The number of allylic oxidation sites excluding steroid dienone is 1. The lowest BCUT2D eigenvalue weighted by Gasteiger charge is -2.36. The Hall–Kier alpha value is -0.953. The Labute approximate surface area is 161 Å². The van der Waals surface area contributed by atoms with Gasteiger partial charge in [-0.05, 0) is 56.5 Å². The van der Waals surface area contributed by atoms with E-state index in [9.17, 15) is 8.42 Å². The molecule has 1 N–H and O–H groups in total. The van der Waals surface area contributed by atoms with E-state index in [0.29, 0.717) is 17.9 Å². The zero-order valence-electron chi connectivity index (χ0n) is 17.1. The molecule has 0 unspecified atom stereocenters. The average molecular weight is 398 g/mol. The zero-order chi connectivity index (χ0) is 20.0. The molecule has 0 saturated carbocycles. The van der Waals surface area contributed by atoms with Gasteiger partial charge >= 0.3 is 0 Å². The topological polar surface area (TPSA) is 55.4 Å². The van der Waals surface area contributed by atoms with Gasteiger partial charge in [0.25, 0.3) is 0 Å². The van der Waals surface area contributed by atoms with Crippen LogP contribution in [0.25, 0.3) is 0 Å². The molecule has 0 bridgehead atoms. The number of benzene rings is 1. The molecule has 0 spiro atoms. The van der Waals surface area contributed by atoms with E-state index >= 15 is 0 Å². The minimum Gasteiger partial charge on any atom is -0.417 e. The Balaban J connectivity index is 2.77. The number of hydrogen-bond donors (Lipinski definition) is 1. The largest absolute Gasteiger partial charge is 0.417 e. The third-order valence-corrected chi connectivity index (χ3v) is 11.2. The predicted octanol–water partition coefficient (Wildman–Crippen LogP) is 5.02. The Morgan fingerprint density at radius 2 is 1.77 bits per heavy atom. The standard InChI is InChI=1S/C20H35NO3SSi/c1-8-9-10-18(15-16-24-26(6,7)20(3,4)5)21-25(22,23)19-13-11-17(2)12-14-19/h8,11-14,18,21H,1,9-10,15-16H2,2-7H3/t18-/m1/s1. The van der Waals surface area contributed by atoms with Crippen LogP contribution >= 0.6 is 0 Å². The van der Waals surface area contributed by atoms with Crippen LogP contribution in [0.15, 0.2) is 41.8 Å². The molecule has 0 radical (unpaired) electrons. The van der Waals surface area contributed by atoms with E-state index in [1.807, 2.05) is 25.1 Å². The van der Waals surface area contributed by atoms with Gasteiger partial charge in [0.05, 0.1) is 4.90 Å². The maximum absolute atomic E-state index is 12.7. The molecule has 1 rings (SSSR count). The first kappa shape index (κ1) is 23.1. The van der Waals surface area contributed by atoms with Crippen LogP contribution in [0.1, 0.15) is 45.6 Å². The first-order valence-corrected chi connectivity index (χ1v) is 13.6. The molecule has 0 saturated heterocycles. The maximum atomic E-state index is 12.7. The second-order valence-electron chi connectivity index (χ2n) is 8.39. The molecule has 0 aromatic heterocycles. The average Bonchev–Trinajstić information content (AvgIpc) is 2.51. The SMILES string of the molecule is C=CCC[C@H](CCO[Si](C)(C)C(C)(C)C)NS(=O)(=O)c1ccc(C)cc1. The van der Waals surface area contributed by atoms with E-state index in [1.165, 1.54) is 0 Å². The van der Waals surface area contributed by atoms with Crippen molar-refractivity contribution in [2.75, 3.05) is 6.61 Å². The highest BCUT2D eigenvalue weighted by molar-refractivity contribution is 7.89. The van der Waals surface area contributed by atoms with Gasteiger partial charge in [0.1, 0.15) is 0 Å². The third kappa shape index (κ3) is 6.99. The summed E-state index contributed by atoms with van der Waals surface area (Å²) in [5, 5.41) is 0.144. The van der Waals surface area contributed by atoms with E-state index < -0.39 is 18.3 Å². The molecule has 0 aliphatic heterocycles. The van der Waals surface area contributed by atoms with E-state index in [-0.39, 0.29) is 11.1 Å². The summed E-state index contributed by atoms with van der Waals surface area (Å²) in [6.45, 7) is 17.3. The molecule has 0 fully saturated rings. The summed E-state index contributed by atoms with van der Waals surface area (Å²) >= 11 is 0. The predicted molar refractivity (Wildman–Crippen MR) is 112 cm³/mol. The van der Waals surface area contributed by atoms with Crippen LogP contribution in [0, 0.1) is 6.92 Å². The van der Waals surface area contributed by atoms with Crippen molar-refractivity contribution in [3.8, 4) is 0 Å². The first-order valence-electron chi connectivity index (χ1n) is 9.23. The minimum absolute atomic E-state index is 0.144. The van der Waals surface area contributed by atoms with Crippen LogP contribution in [0.5, 0.6) is 0 Å². The molecular formula is C20H35NO3SSi. The summed E-state index contributed by atoms with van der Waals surface area (Å²) in [4.78, 5) is 0.303. The lowest BCUT2D eigenvalue weighted by molar-refractivity contribution is 0.265. The number of hydrogen-bond acceptors (Lipinski definition) is 3. The Bertz CT molecular complexity index is 676. The molecule has 148 valence electrons. The van der Waals surface area contributed by atoms with Crippen LogP contribution in [-0.2, 0) is 14.4 Å². The summed E-state index contributed by atoms with van der Waals surface area (Å²) in [7, 11) is -5.36. The molecule has 1 atom stereocenters. The molecule has 0 amide bonds. The van der Waals surface area contributed by atoms with Crippen molar-refractivity contribution in [3.05, 3.63) is 42.5 Å². The summed E-state index contributed by atoms with van der Waals surface area (Å²) in [6.07, 6.45) is 3.96. The van der Waals surface area contributed by atoms with Gasteiger partial charge in [0.2, 0.25) is 10.0 Å². The van der Waals surface area contributed by atoms with Gasteiger partial charge in [-0.1, -0.05) is 44.5 Å². The van der Waals surface area contributed by atoms with Crippen molar-refractivity contribution in [2.24, 2.45) is 0 Å². The lowest BCUT2D eigenvalue weighted by atomic mass is 10.1. The summed E-state index contributed by atoms with van der Waals surface area (Å²) in [5.74, 6) is 0. The highest BCUT2D eigenvalue weighted by Crippen LogP contribution is 2.36. The smallest absolute Gasteiger partial charge is 0.240 e. The van der Waals surface area contributed by atoms with Gasteiger partial charge in [-0.2, -0.15) is 0 Å². The van der Waals surface area contributed by atoms with Gasteiger partial charge in [-0.3, -0.25) is 0 Å². The van der Waals surface area contributed by atoms with Crippen molar-refractivity contribution in [2.45, 2.75) is 76.0 Å². The molecule has 6 heteroatoms. The Kier molecular flexibility index (Phi) is 8.26. The molecule has 26 heavy (non-hydrogen) atoms. The zero-order valence-corrected chi connectivity index (χ0v) is 18.9. The van der Waals surface area contributed by atoms with Gasteiger partial charge in [-0.15, -0.1) is 6.58 Å². The minimum atomic E-state index is -3.53. The van der Waals surface area contributed by atoms with Gasteiger partial charge in [0, 0.05) is 12.6 Å². The normalized spacial score (nSPS) is 14.2. The van der Waals surface area contributed by atoms with Crippen molar-refractivity contribution >= 4 is 18.3 Å². The second kappa shape index (κ2) is 9.31. The van der Waals surface area contributed by atoms with E-state index in [0.717, 1.165) is 18.4 Å². The van der Waals surface area contributed by atoms with E-state index in [2.05, 4.69) is 45.2 Å². The Morgan fingerprint density at radius 3 is 2.27 bits per heavy atom. The highest BCUT2D eigenvalue weighted by Gasteiger charge is 2.37. The molecule has 4 nitrogen and oxygen atoms in total. The van der Waals surface area contributed by atoms with Gasteiger partial charge < -0.3 is 4.43 Å². The van der Waals surface area contributed by atoms with Crippen LogP contribution < -0.4 is 4.72 Å². The lowest BCUT2D eigenvalue weighted by Crippen LogP contribution is -2.42. The fraction of sp³-hybridized carbons (Fsp3) is 0.600. The van der Waals surface area contributed by atoms with Crippen molar-refractivity contribution in [3.63, 3.8) is 0 Å². The highest BCUT2D eigenvalue weighted by atomic mass is 32.2. The summed E-state index contributed by atoms with van der Waals surface area (Å²) in [6, 6.07) is 6.76. The van der Waals surface area contributed by atoms with Gasteiger partial charge in [-0.25, -0.2) is 13.1 Å². The van der Waals surface area contributed by atoms with Crippen LogP contribution in [0.3, 0.4) is 0 Å². The number of nitrogens with one attached hydrogen (secondary N) is 1. The van der Waals surface area contributed by atoms with Crippen LogP contribution in [0.2, 0.25) is 18.1 Å². The third-order valence-electron chi connectivity index (χ3n) is 5.11. The van der Waals surface area contributed by atoms with Crippen LogP contribution in [-0.4, -0.2) is 29.4 Å². The van der Waals surface area contributed by atoms with Crippen LogP contribution in [0.4, 0.5) is 0 Å². The number of sulfonamides is 1. The van der Waals surface area contributed by atoms with E-state index in [4.69, 9.17) is 4.43 Å². The molecule has 1 aromatic carbocycles. The molecule has 1 aromatic rings. The number of rotatable bonds is 10. The molecule has 0 heterocycles. The first-order chi connectivity index (χ1) is 11.9. The van der Waals surface area contributed by atoms with Crippen molar-refractivity contribution in [1.82, 2.24) is 4.72 Å². The van der Waals surface area contributed by atoms with E-state index in [1.54, 1.807) is 12.1 Å². The monoisotopic (exact) mass is 397 g/mol. The fourth-order valence-electron chi connectivity index (χ4n) is 2.26. The Morgan fingerprint density at radius 1 is 1.19 bits per heavy atom. The summed E-state index contributed by atoms with van der Waals surface area (Å²) in [5.41, 5.74) is 1.04. The van der Waals surface area contributed by atoms with Gasteiger partial charge in [0.15, 0.2) is 8.32 Å². The van der Waals surface area contributed by atoms with Crippen molar-refractivity contribution in [1.29, 1.82) is 0 Å². The van der Waals surface area contributed by atoms with Crippen molar-refractivity contribution < 1.29 is 12.8 Å². The number of aryl methyl sites for hydroxylation is 1. The second-order valence-corrected chi connectivity index (χ2v) is 14.9. The summed E-state index contributed by atoms with van der Waals surface area (Å²) < 4.78 is 34.4. The fourth-order valence-corrected chi connectivity index (χ4v) is 4.63. The molecule has 0 aliphatic rings. The quantitative estimate of drug-likeness (QED) is 0.445. The maximum Gasteiger partial charge on any atom is 0.240 e.